The van der Waals surface area contributed by atoms with Gasteiger partial charge < -0.3 is 15.5 Å². The monoisotopic (exact) mass is 304 g/mol. The molecule has 112 valence electrons. The van der Waals surface area contributed by atoms with Crippen molar-refractivity contribution in [2.24, 2.45) is 0 Å². The number of aliphatic hydroxyl groups excluding tert-OH is 2. The first kappa shape index (κ1) is 16.3. The standard InChI is InChI=1S/C11H16N2O6S/c14-5-1-4-12-9-2-3-11(10(8-9)13(16)17)20(18,19)7-6-15/h2-3,8,12,14-15H,1,4-7H2. The Balaban J connectivity index is 3.12. The summed E-state index contributed by atoms with van der Waals surface area (Å²) in [5, 5.41) is 31.2. The number of hydrogen-bond donors (Lipinski definition) is 3. The number of nitro groups is 1. The van der Waals surface area contributed by atoms with Gasteiger partial charge in [-0.1, -0.05) is 0 Å². The van der Waals surface area contributed by atoms with E-state index in [1.165, 1.54) is 6.07 Å². The second-order valence-corrected chi connectivity index (χ2v) is 6.06. The average molecular weight is 304 g/mol. The van der Waals surface area contributed by atoms with Crippen molar-refractivity contribution in [1.29, 1.82) is 0 Å². The predicted molar refractivity (Wildman–Crippen MR) is 72.4 cm³/mol. The number of nitro benzene ring substituents is 1. The Kier molecular flexibility index (Phi) is 5.86. The lowest BCUT2D eigenvalue weighted by Gasteiger charge is -2.08. The van der Waals surface area contributed by atoms with Crippen LogP contribution in [0.5, 0.6) is 0 Å². The number of benzene rings is 1. The van der Waals surface area contributed by atoms with Gasteiger partial charge in [0.2, 0.25) is 0 Å². The molecule has 1 rings (SSSR count). The van der Waals surface area contributed by atoms with Crippen LogP contribution in [0.2, 0.25) is 0 Å². The lowest BCUT2D eigenvalue weighted by Crippen LogP contribution is -2.12. The van der Waals surface area contributed by atoms with E-state index in [2.05, 4.69) is 5.32 Å². The van der Waals surface area contributed by atoms with Crippen molar-refractivity contribution in [2.45, 2.75) is 11.3 Å². The number of rotatable bonds is 8. The zero-order valence-corrected chi connectivity index (χ0v) is 11.5. The summed E-state index contributed by atoms with van der Waals surface area (Å²) < 4.78 is 23.6. The third-order valence-electron chi connectivity index (χ3n) is 2.51. The van der Waals surface area contributed by atoms with Gasteiger partial charge in [0.25, 0.3) is 5.69 Å². The zero-order valence-electron chi connectivity index (χ0n) is 10.7. The maximum Gasteiger partial charge on any atom is 0.290 e. The van der Waals surface area contributed by atoms with Crippen molar-refractivity contribution < 1.29 is 23.6 Å². The van der Waals surface area contributed by atoms with Crippen LogP contribution in [0, 0.1) is 10.1 Å². The van der Waals surface area contributed by atoms with Crippen molar-refractivity contribution >= 4 is 21.2 Å². The first-order valence-electron chi connectivity index (χ1n) is 5.89. The van der Waals surface area contributed by atoms with E-state index >= 15 is 0 Å². The van der Waals surface area contributed by atoms with Crippen LogP contribution in [0.3, 0.4) is 0 Å². The largest absolute Gasteiger partial charge is 0.396 e. The van der Waals surface area contributed by atoms with Crippen LogP contribution in [-0.2, 0) is 9.84 Å². The van der Waals surface area contributed by atoms with E-state index in [0.717, 1.165) is 12.1 Å². The van der Waals surface area contributed by atoms with Gasteiger partial charge in [-0.2, -0.15) is 0 Å². The van der Waals surface area contributed by atoms with Gasteiger partial charge in [-0.15, -0.1) is 0 Å². The average Bonchev–Trinajstić information content (AvgIpc) is 2.38. The maximum atomic E-state index is 11.8. The molecular weight excluding hydrogens is 288 g/mol. The molecule has 0 amide bonds. The summed E-state index contributed by atoms with van der Waals surface area (Å²) in [6.45, 7) is -0.204. The topological polar surface area (TPSA) is 130 Å². The molecule has 8 nitrogen and oxygen atoms in total. The SMILES string of the molecule is O=[N+]([O-])c1cc(NCCCO)ccc1S(=O)(=O)CCO. The number of anilines is 1. The van der Waals surface area contributed by atoms with Crippen LogP contribution >= 0.6 is 0 Å². The van der Waals surface area contributed by atoms with Crippen LogP contribution in [0.25, 0.3) is 0 Å². The maximum absolute atomic E-state index is 11.8. The molecule has 0 saturated carbocycles. The Bertz CT molecular complexity index is 572. The number of nitrogens with zero attached hydrogens (tertiary/aromatic N) is 1. The van der Waals surface area contributed by atoms with Gasteiger partial charge in [-0.25, -0.2) is 8.42 Å². The molecule has 0 spiro atoms. The van der Waals surface area contributed by atoms with Crippen molar-refractivity contribution in [3.8, 4) is 0 Å². The van der Waals surface area contributed by atoms with Crippen LogP contribution in [0.15, 0.2) is 23.1 Å². The highest BCUT2D eigenvalue weighted by Crippen LogP contribution is 2.28. The van der Waals surface area contributed by atoms with Gasteiger partial charge in [0, 0.05) is 24.9 Å². The van der Waals surface area contributed by atoms with Crippen LogP contribution < -0.4 is 5.32 Å². The molecule has 0 aliphatic carbocycles. The minimum atomic E-state index is -3.89. The smallest absolute Gasteiger partial charge is 0.290 e. The molecular formula is C11H16N2O6S. The minimum Gasteiger partial charge on any atom is -0.396 e. The number of nitrogens with one attached hydrogen (secondary N) is 1. The Morgan fingerprint density at radius 3 is 2.50 bits per heavy atom. The molecule has 0 aliphatic heterocycles. The molecule has 0 unspecified atom stereocenters. The van der Waals surface area contributed by atoms with Crippen LogP contribution in [0.1, 0.15) is 6.42 Å². The molecule has 9 heteroatoms. The van der Waals surface area contributed by atoms with Gasteiger partial charge in [0.1, 0.15) is 4.90 Å². The third-order valence-corrected chi connectivity index (χ3v) is 4.25. The van der Waals surface area contributed by atoms with Gasteiger partial charge in [-0.3, -0.25) is 10.1 Å². The van der Waals surface area contributed by atoms with E-state index in [4.69, 9.17) is 10.2 Å². The molecule has 0 bridgehead atoms. The number of hydrogen-bond acceptors (Lipinski definition) is 7. The fourth-order valence-electron chi connectivity index (χ4n) is 1.57. The molecule has 20 heavy (non-hydrogen) atoms. The first-order chi connectivity index (χ1) is 9.42. The fourth-order valence-corrected chi connectivity index (χ4v) is 2.76. The molecule has 3 N–H and O–H groups in total. The van der Waals surface area contributed by atoms with Crippen molar-refractivity contribution in [3.05, 3.63) is 28.3 Å². The second kappa shape index (κ2) is 7.17. The molecule has 0 aliphatic rings. The summed E-state index contributed by atoms with van der Waals surface area (Å²) in [4.78, 5) is 9.78. The van der Waals surface area contributed by atoms with Gasteiger partial charge in [0.15, 0.2) is 9.84 Å². The number of aliphatic hydroxyl groups is 2. The molecule has 0 radical (unpaired) electrons. The van der Waals surface area contributed by atoms with E-state index in [1.807, 2.05) is 0 Å². The summed E-state index contributed by atoms with van der Waals surface area (Å²) in [5.41, 5.74) is -0.138. The van der Waals surface area contributed by atoms with E-state index in [9.17, 15) is 18.5 Å². The summed E-state index contributed by atoms with van der Waals surface area (Å²) in [5.74, 6) is -0.564. The predicted octanol–water partition coefficient (Wildman–Crippen LogP) is 0.155. The highest BCUT2D eigenvalue weighted by molar-refractivity contribution is 7.91. The van der Waals surface area contributed by atoms with Crippen LogP contribution in [0.4, 0.5) is 11.4 Å². The summed E-state index contributed by atoms with van der Waals surface area (Å²) in [6, 6.07) is 3.68. The van der Waals surface area contributed by atoms with E-state index < -0.39 is 37.7 Å². The Morgan fingerprint density at radius 2 is 1.95 bits per heavy atom. The van der Waals surface area contributed by atoms with E-state index in [-0.39, 0.29) is 6.61 Å². The Hall–Kier alpha value is -1.71. The summed E-state index contributed by atoms with van der Waals surface area (Å²) >= 11 is 0. The molecule has 0 atom stereocenters. The molecule has 0 aromatic heterocycles. The lowest BCUT2D eigenvalue weighted by molar-refractivity contribution is -0.387. The zero-order chi connectivity index (χ0) is 15.2. The third kappa shape index (κ3) is 4.15. The highest BCUT2D eigenvalue weighted by atomic mass is 32.2. The van der Waals surface area contributed by atoms with Gasteiger partial charge in [-0.05, 0) is 18.6 Å². The van der Waals surface area contributed by atoms with Crippen molar-refractivity contribution in [1.82, 2.24) is 0 Å². The van der Waals surface area contributed by atoms with Gasteiger partial charge in [0.05, 0.1) is 17.3 Å². The quantitative estimate of drug-likeness (QED) is 0.354. The molecule has 1 aromatic carbocycles. The molecule has 1 aromatic rings. The van der Waals surface area contributed by atoms with Crippen molar-refractivity contribution in [2.75, 3.05) is 30.8 Å². The van der Waals surface area contributed by atoms with Crippen molar-refractivity contribution in [3.63, 3.8) is 0 Å². The second-order valence-electron chi connectivity index (χ2n) is 3.99. The van der Waals surface area contributed by atoms with E-state index in [1.54, 1.807) is 0 Å². The Morgan fingerprint density at radius 1 is 1.25 bits per heavy atom. The molecule has 0 saturated heterocycles. The van der Waals surface area contributed by atoms with Gasteiger partial charge >= 0.3 is 0 Å². The molecule has 0 fully saturated rings. The number of sulfone groups is 1. The summed E-state index contributed by atoms with van der Waals surface area (Å²) in [7, 11) is -3.89. The Labute approximate surface area is 116 Å². The first-order valence-corrected chi connectivity index (χ1v) is 7.54. The normalized spacial score (nSPS) is 11.3. The summed E-state index contributed by atoms with van der Waals surface area (Å²) in [6.07, 6.45) is 0.471. The minimum absolute atomic E-state index is 0.0158. The van der Waals surface area contributed by atoms with Crippen LogP contribution in [-0.4, -0.2) is 49.1 Å². The molecule has 0 heterocycles. The van der Waals surface area contributed by atoms with E-state index in [0.29, 0.717) is 18.7 Å². The fraction of sp³-hybridized carbons (Fsp3) is 0.455. The highest BCUT2D eigenvalue weighted by Gasteiger charge is 2.25. The lowest BCUT2D eigenvalue weighted by atomic mass is 10.2.